The maximum Gasteiger partial charge on any atom is 0.266 e. The molecule has 0 aliphatic heterocycles. The minimum absolute atomic E-state index is 0.215. The molecule has 1 saturated carbocycles. The molecule has 1 aliphatic rings. The van der Waals surface area contributed by atoms with Crippen molar-refractivity contribution in [2.24, 2.45) is 0 Å². The van der Waals surface area contributed by atoms with Crippen LogP contribution in [0.25, 0.3) is 0 Å². The summed E-state index contributed by atoms with van der Waals surface area (Å²) in [5.74, 6) is 1.01. The lowest BCUT2D eigenvalue weighted by Crippen LogP contribution is -2.30. The highest BCUT2D eigenvalue weighted by atomic mass is 32.1. The second-order valence-electron chi connectivity index (χ2n) is 4.78. The van der Waals surface area contributed by atoms with Gasteiger partial charge in [-0.05, 0) is 31.9 Å². The van der Waals surface area contributed by atoms with Gasteiger partial charge in [0, 0.05) is 5.92 Å². The van der Waals surface area contributed by atoms with E-state index < -0.39 is 6.10 Å². The van der Waals surface area contributed by atoms with E-state index >= 15 is 0 Å². The second kappa shape index (κ2) is 5.58. The topological polar surface area (TPSA) is 64.1 Å². The lowest BCUT2D eigenvalue weighted by atomic mass is 10.3. The van der Waals surface area contributed by atoms with Crippen molar-refractivity contribution < 1.29 is 9.53 Å². The zero-order chi connectivity index (χ0) is 13.9. The molecule has 104 valence electrons. The zero-order valence-electron chi connectivity index (χ0n) is 11.1. The van der Waals surface area contributed by atoms with Crippen molar-refractivity contribution in [3.63, 3.8) is 0 Å². The number of ether oxygens (including phenoxy) is 1. The van der Waals surface area contributed by atoms with Gasteiger partial charge in [-0.25, -0.2) is 0 Å². The smallest absolute Gasteiger partial charge is 0.266 e. The average Bonchev–Trinajstić information content (AvgIpc) is 3.20. The van der Waals surface area contributed by atoms with Gasteiger partial charge in [-0.15, -0.1) is 10.2 Å². The first-order valence-electron chi connectivity index (χ1n) is 6.58. The number of anilines is 1. The summed E-state index contributed by atoms with van der Waals surface area (Å²) in [5.41, 5.74) is 0. The molecule has 0 bridgehead atoms. The second-order valence-corrected chi connectivity index (χ2v) is 5.79. The molecule has 3 rings (SSSR count). The van der Waals surface area contributed by atoms with Crippen LogP contribution in [0.3, 0.4) is 0 Å². The Labute approximate surface area is 121 Å². The highest BCUT2D eigenvalue weighted by molar-refractivity contribution is 7.15. The number of nitrogens with zero attached hydrogens (tertiary/aromatic N) is 2. The Hall–Kier alpha value is -1.95. The Bertz CT molecular complexity index is 595. The average molecular weight is 289 g/mol. The van der Waals surface area contributed by atoms with Gasteiger partial charge < -0.3 is 4.74 Å². The molecular weight excluding hydrogens is 274 g/mol. The van der Waals surface area contributed by atoms with Crippen LogP contribution < -0.4 is 10.1 Å². The number of amides is 1. The summed E-state index contributed by atoms with van der Waals surface area (Å²) in [7, 11) is 0. The third kappa shape index (κ3) is 3.14. The molecule has 1 aliphatic carbocycles. The van der Waals surface area contributed by atoms with E-state index in [-0.39, 0.29) is 5.91 Å². The maximum absolute atomic E-state index is 12.0. The van der Waals surface area contributed by atoms with Crippen molar-refractivity contribution in [1.29, 1.82) is 0 Å². The van der Waals surface area contributed by atoms with Crippen LogP contribution in [0.2, 0.25) is 0 Å². The summed E-state index contributed by atoms with van der Waals surface area (Å²) in [5, 5.41) is 12.4. The number of hydrogen-bond donors (Lipinski definition) is 1. The largest absolute Gasteiger partial charge is 0.481 e. The number of benzene rings is 1. The van der Waals surface area contributed by atoms with Gasteiger partial charge in [0.25, 0.3) is 5.91 Å². The Morgan fingerprint density at radius 3 is 2.80 bits per heavy atom. The fourth-order valence-corrected chi connectivity index (χ4v) is 2.66. The van der Waals surface area contributed by atoms with Gasteiger partial charge in [0.05, 0.1) is 0 Å². The molecule has 20 heavy (non-hydrogen) atoms. The van der Waals surface area contributed by atoms with E-state index in [1.807, 2.05) is 30.3 Å². The van der Waals surface area contributed by atoms with E-state index in [0.29, 0.717) is 16.8 Å². The van der Waals surface area contributed by atoms with E-state index in [0.717, 1.165) is 5.01 Å². The predicted octanol–water partition coefficient (Wildman–Crippen LogP) is 2.82. The molecule has 1 N–H and O–H groups in total. The SMILES string of the molecule is CC(Oc1ccccc1)C(=O)Nc1nnc(C2CC2)s1. The summed E-state index contributed by atoms with van der Waals surface area (Å²) in [4.78, 5) is 12.0. The van der Waals surface area contributed by atoms with Crippen LogP contribution in [0.1, 0.15) is 30.7 Å². The first-order valence-corrected chi connectivity index (χ1v) is 7.40. The zero-order valence-corrected chi connectivity index (χ0v) is 11.9. The minimum atomic E-state index is -0.578. The highest BCUT2D eigenvalue weighted by Crippen LogP contribution is 2.42. The molecule has 1 atom stereocenters. The van der Waals surface area contributed by atoms with Gasteiger partial charge in [0.15, 0.2) is 6.10 Å². The van der Waals surface area contributed by atoms with Crippen LogP contribution in [0.4, 0.5) is 5.13 Å². The molecule has 0 saturated heterocycles. The normalized spacial score (nSPS) is 15.7. The Morgan fingerprint density at radius 2 is 2.10 bits per heavy atom. The highest BCUT2D eigenvalue weighted by Gasteiger charge is 2.28. The van der Waals surface area contributed by atoms with Gasteiger partial charge in [0.2, 0.25) is 5.13 Å². The monoisotopic (exact) mass is 289 g/mol. The van der Waals surface area contributed by atoms with Crippen LogP contribution >= 0.6 is 11.3 Å². The fraction of sp³-hybridized carbons (Fsp3) is 0.357. The van der Waals surface area contributed by atoms with E-state index in [4.69, 9.17) is 4.74 Å². The minimum Gasteiger partial charge on any atom is -0.481 e. The van der Waals surface area contributed by atoms with E-state index in [2.05, 4.69) is 15.5 Å². The lowest BCUT2D eigenvalue weighted by molar-refractivity contribution is -0.122. The third-order valence-corrected chi connectivity index (χ3v) is 4.02. The quantitative estimate of drug-likeness (QED) is 0.919. The summed E-state index contributed by atoms with van der Waals surface area (Å²) < 4.78 is 5.56. The van der Waals surface area contributed by atoms with E-state index in [1.165, 1.54) is 24.2 Å². The van der Waals surface area contributed by atoms with Crippen molar-refractivity contribution in [2.45, 2.75) is 31.8 Å². The number of carbonyl (C=O) groups excluding carboxylic acids is 1. The Morgan fingerprint density at radius 1 is 1.35 bits per heavy atom. The molecule has 1 aromatic carbocycles. The first kappa shape index (κ1) is 13.1. The van der Waals surface area contributed by atoms with Crippen molar-refractivity contribution in [3.05, 3.63) is 35.3 Å². The fourth-order valence-electron chi connectivity index (χ4n) is 1.74. The van der Waals surface area contributed by atoms with Crippen molar-refractivity contribution in [2.75, 3.05) is 5.32 Å². The number of rotatable bonds is 5. The standard InChI is InChI=1S/C14H15N3O2S/c1-9(19-11-5-3-2-4-6-11)12(18)15-14-17-16-13(20-14)10-7-8-10/h2-6,9-10H,7-8H2,1H3,(H,15,17,18). The lowest BCUT2D eigenvalue weighted by Gasteiger charge is -2.13. The molecule has 5 nitrogen and oxygen atoms in total. The molecule has 1 fully saturated rings. The molecule has 6 heteroatoms. The summed E-state index contributed by atoms with van der Waals surface area (Å²) in [6, 6.07) is 9.28. The number of nitrogens with one attached hydrogen (secondary N) is 1. The van der Waals surface area contributed by atoms with Crippen LogP contribution in [-0.2, 0) is 4.79 Å². The van der Waals surface area contributed by atoms with Gasteiger partial charge in [-0.3, -0.25) is 10.1 Å². The number of aromatic nitrogens is 2. The molecular formula is C14H15N3O2S. The molecule has 1 heterocycles. The van der Waals surface area contributed by atoms with Crippen LogP contribution in [0.5, 0.6) is 5.75 Å². The van der Waals surface area contributed by atoms with E-state index in [1.54, 1.807) is 6.92 Å². The number of para-hydroxylation sites is 1. The summed E-state index contributed by atoms with van der Waals surface area (Å²) in [6.07, 6.45) is 1.78. The summed E-state index contributed by atoms with van der Waals surface area (Å²) in [6.45, 7) is 1.71. The number of hydrogen-bond acceptors (Lipinski definition) is 5. The summed E-state index contributed by atoms with van der Waals surface area (Å²) >= 11 is 1.45. The Kier molecular flexibility index (Phi) is 3.64. The molecule has 1 unspecified atom stereocenters. The molecule has 1 aromatic heterocycles. The maximum atomic E-state index is 12.0. The van der Waals surface area contributed by atoms with Crippen LogP contribution in [0, 0.1) is 0 Å². The van der Waals surface area contributed by atoms with E-state index in [9.17, 15) is 4.79 Å². The van der Waals surface area contributed by atoms with Crippen LogP contribution in [-0.4, -0.2) is 22.2 Å². The van der Waals surface area contributed by atoms with Gasteiger partial charge in [-0.1, -0.05) is 29.5 Å². The van der Waals surface area contributed by atoms with Gasteiger partial charge in [-0.2, -0.15) is 0 Å². The van der Waals surface area contributed by atoms with Crippen molar-refractivity contribution in [1.82, 2.24) is 10.2 Å². The van der Waals surface area contributed by atoms with Crippen molar-refractivity contribution >= 4 is 22.4 Å². The van der Waals surface area contributed by atoms with Crippen LogP contribution in [0.15, 0.2) is 30.3 Å². The molecule has 1 amide bonds. The third-order valence-electron chi connectivity index (χ3n) is 3.02. The van der Waals surface area contributed by atoms with Gasteiger partial charge >= 0.3 is 0 Å². The van der Waals surface area contributed by atoms with Gasteiger partial charge in [0.1, 0.15) is 10.8 Å². The predicted molar refractivity (Wildman–Crippen MR) is 77.0 cm³/mol. The number of carbonyl (C=O) groups is 1. The molecule has 0 radical (unpaired) electrons. The molecule has 2 aromatic rings. The Balaban J connectivity index is 1.57. The first-order chi connectivity index (χ1) is 9.72. The molecule has 0 spiro atoms. The van der Waals surface area contributed by atoms with Crippen molar-refractivity contribution in [3.8, 4) is 5.75 Å².